The fourth-order valence-corrected chi connectivity index (χ4v) is 4.17. The number of hydrogen-bond donors (Lipinski definition) is 0. The van der Waals surface area contributed by atoms with Gasteiger partial charge in [-0.1, -0.05) is 12.5 Å². The van der Waals surface area contributed by atoms with Gasteiger partial charge in [0, 0.05) is 0 Å². The molecule has 0 radical (unpaired) electrons. The van der Waals surface area contributed by atoms with Crippen molar-refractivity contribution in [3.63, 3.8) is 0 Å². The highest BCUT2D eigenvalue weighted by Crippen LogP contribution is 2.56. The largest absolute Gasteiger partial charge is 0.337 e. The minimum absolute atomic E-state index is 0.0668. The second-order valence-corrected chi connectivity index (χ2v) is 6.49. The Labute approximate surface area is 107 Å². The van der Waals surface area contributed by atoms with Gasteiger partial charge in [-0.3, -0.25) is 4.57 Å². The van der Waals surface area contributed by atoms with E-state index in [1.165, 1.54) is 6.08 Å². The predicted octanol–water partition coefficient (Wildman–Crippen LogP) is 4.39. The summed E-state index contributed by atoms with van der Waals surface area (Å²) in [4.78, 5) is 0. The molecule has 6 heteroatoms. The summed E-state index contributed by atoms with van der Waals surface area (Å²) in [5.74, 6) is 0. The molecule has 0 spiro atoms. The maximum Gasteiger partial charge on any atom is 0.337 e. The summed E-state index contributed by atoms with van der Waals surface area (Å²) in [7, 11) is -3.31. The van der Waals surface area contributed by atoms with Gasteiger partial charge in [0.05, 0.1) is 18.9 Å². The van der Waals surface area contributed by atoms with Crippen molar-refractivity contribution < 1.29 is 22.4 Å². The van der Waals surface area contributed by atoms with E-state index in [2.05, 4.69) is 0 Å². The van der Waals surface area contributed by atoms with E-state index in [-0.39, 0.29) is 18.8 Å². The summed E-state index contributed by atoms with van der Waals surface area (Å²) in [6.07, 6.45) is 1.35. The van der Waals surface area contributed by atoms with Crippen molar-refractivity contribution in [3.8, 4) is 0 Å². The second kappa shape index (κ2) is 7.37. The number of alkyl halides is 2. The van der Waals surface area contributed by atoms with Crippen LogP contribution in [-0.4, -0.2) is 25.3 Å². The van der Waals surface area contributed by atoms with Crippen molar-refractivity contribution in [1.29, 1.82) is 0 Å². The molecule has 1 unspecified atom stereocenters. The SMILES string of the molecule is CCOP(=O)(OCC)C1C=C(C(F)F)CCCC1. The Bertz CT molecular complexity index is 321. The van der Waals surface area contributed by atoms with Gasteiger partial charge in [0.2, 0.25) is 0 Å². The van der Waals surface area contributed by atoms with Gasteiger partial charge in [-0.25, -0.2) is 8.78 Å². The maximum atomic E-state index is 12.8. The third-order valence-electron chi connectivity index (χ3n) is 2.93. The molecule has 0 saturated carbocycles. The molecule has 1 aliphatic carbocycles. The molecule has 106 valence electrons. The smallest absolute Gasteiger partial charge is 0.308 e. The van der Waals surface area contributed by atoms with Crippen molar-refractivity contribution in [2.24, 2.45) is 0 Å². The van der Waals surface area contributed by atoms with Gasteiger partial charge in [-0.05, 0) is 38.7 Å². The molecule has 0 aromatic rings. The summed E-state index contributed by atoms with van der Waals surface area (Å²) in [6.45, 7) is 3.96. The van der Waals surface area contributed by atoms with E-state index in [1.54, 1.807) is 13.8 Å². The van der Waals surface area contributed by atoms with Gasteiger partial charge in [0.1, 0.15) is 0 Å². The minimum atomic E-state index is -3.31. The second-order valence-electron chi connectivity index (χ2n) is 4.23. The third-order valence-corrected chi connectivity index (χ3v) is 5.38. The highest BCUT2D eigenvalue weighted by molar-refractivity contribution is 7.54. The predicted molar refractivity (Wildman–Crippen MR) is 67.2 cm³/mol. The molecule has 0 aliphatic heterocycles. The van der Waals surface area contributed by atoms with E-state index in [1.807, 2.05) is 0 Å². The average molecular weight is 282 g/mol. The van der Waals surface area contributed by atoms with Gasteiger partial charge in [-0.2, -0.15) is 0 Å². The molecule has 0 amide bonds. The van der Waals surface area contributed by atoms with Crippen LogP contribution in [0.3, 0.4) is 0 Å². The first kappa shape index (κ1) is 15.8. The molecule has 18 heavy (non-hydrogen) atoms. The fraction of sp³-hybridized carbons (Fsp3) is 0.833. The molecular weight excluding hydrogens is 261 g/mol. The molecule has 1 aliphatic rings. The standard InChI is InChI=1S/C12H21F2O3P/c1-3-16-18(15,17-4-2)11-8-6-5-7-10(9-11)12(13)14/h9,11-12H,3-8H2,1-2H3. The van der Waals surface area contributed by atoms with Crippen LogP contribution in [0.4, 0.5) is 8.78 Å². The van der Waals surface area contributed by atoms with E-state index >= 15 is 0 Å². The quantitative estimate of drug-likeness (QED) is 0.535. The molecule has 0 heterocycles. The highest BCUT2D eigenvalue weighted by Gasteiger charge is 2.35. The zero-order chi connectivity index (χ0) is 13.6. The summed E-state index contributed by atoms with van der Waals surface area (Å²) in [5.41, 5.74) is -0.471. The molecule has 0 bridgehead atoms. The molecule has 0 aromatic heterocycles. The zero-order valence-electron chi connectivity index (χ0n) is 10.9. The fourth-order valence-electron chi connectivity index (χ4n) is 2.12. The van der Waals surface area contributed by atoms with Gasteiger partial charge in [0.25, 0.3) is 6.43 Å². The summed E-state index contributed by atoms with van der Waals surface area (Å²) in [5, 5.41) is 0. The Morgan fingerprint density at radius 3 is 2.44 bits per heavy atom. The molecule has 1 atom stereocenters. The molecule has 0 saturated heterocycles. The van der Waals surface area contributed by atoms with Crippen molar-refractivity contribution in [1.82, 2.24) is 0 Å². The molecule has 3 nitrogen and oxygen atoms in total. The normalized spacial score (nSPS) is 21.8. The molecular formula is C12H21F2O3P. The Morgan fingerprint density at radius 1 is 1.33 bits per heavy atom. The van der Waals surface area contributed by atoms with Crippen LogP contribution in [-0.2, 0) is 13.6 Å². The van der Waals surface area contributed by atoms with Crippen molar-refractivity contribution in [3.05, 3.63) is 11.6 Å². The summed E-state index contributed by atoms with van der Waals surface area (Å²) >= 11 is 0. The van der Waals surface area contributed by atoms with Gasteiger partial charge in [0.15, 0.2) is 0 Å². The highest BCUT2D eigenvalue weighted by atomic mass is 31.2. The van der Waals surface area contributed by atoms with Gasteiger partial charge >= 0.3 is 7.60 Å². The molecule has 0 aromatic carbocycles. The Hall–Kier alpha value is -0.250. The van der Waals surface area contributed by atoms with Crippen LogP contribution in [0.2, 0.25) is 0 Å². The van der Waals surface area contributed by atoms with Crippen LogP contribution in [0.1, 0.15) is 39.5 Å². The van der Waals surface area contributed by atoms with Crippen LogP contribution in [0.25, 0.3) is 0 Å². The third kappa shape index (κ3) is 4.15. The van der Waals surface area contributed by atoms with Crippen LogP contribution in [0.5, 0.6) is 0 Å². The number of allylic oxidation sites excluding steroid dienone is 2. The molecule has 1 rings (SSSR count). The number of hydrogen-bond acceptors (Lipinski definition) is 3. The average Bonchev–Trinajstić information content (AvgIpc) is 2.55. The van der Waals surface area contributed by atoms with E-state index in [4.69, 9.17) is 9.05 Å². The first-order valence-corrected chi connectivity index (χ1v) is 8.02. The van der Waals surface area contributed by atoms with E-state index in [0.717, 1.165) is 6.42 Å². The lowest BCUT2D eigenvalue weighted by molar-refractivity contribution is 0.184. The van der Waals surface area contributed by atoms with Gasteiger partial charge in [-0.15, -0.1) is 0 Å². The van der Waals surface area contributed by atoms with Crippen molar-refractivity contribution >= 4 is 7.60 Å². The first-order chi connectivity index (χ1) is 8.53. The monoisotopic (exact) mass is 282 g/mol. The van der Waals surface area contributed by atoms with Crippen molar-refractivity contribution in [2.75, 3.05) is 13.2 Å². The number of halogens is 2. The van der Waals surface area contributed by atoms with E-state index < -0.39 is 19.7 Å². The van der Waals surface area contributed by atoms with E-state index in [0.29, 0.717) is 19.3 Å². The van der Waals surface area contributed by atoms with Crippen LogP contribution >= 0.6 is 7.60 Å². The lowest BCUT2D eigenvalue weighted by Gasteiger charge is -2.23. The Kier molecular flexibility index (Phi) is 6.47. The van der Waals surface area contributed by atoms with Crippen molar-refractivity contribution in [2.45, 2.75) is 51.6 Å². The van der Waals surface area contributed by atoms with Crippen LogP contribution in [0.15, 0.2) is 11.6 Å². The van der Waals surface area contributed by atoms with Gasteiger partial charge < -0.3 is 9.05 Å². The topological polar surface area (TPSA) is 35.5 Å². The lowest BCUT2D eigenvalue weighted by Crippen LogP contribution is -2.12. The van der Waals surface area contributed by atoms with Crippen LogP contribution in [0, 0.1) is 0 Å². The maximum absolute atomic E-state index is 12.8. The molecule has 0 fully saturated rings. The van der Waals surface area contributed by atoms with E-state index in [9.17, 15) is 13.3 Å². The molecule has 0 N–H and O–H groups in total. The Morgan fingerprint density at radius 2 is 1.94 bits per heavy atom. The zero-order valence-corrected chi connectivity index (χ0v) is 11.8. The minimum Gasteiger partial charge on any atom is -0.308 e. The number of rotatable bonds is 6. The lowest BCUT2D eigenvalue weighted by atomic mass is 10.1. The Balaban J connectivity index is 2.94. The summed E-state index contributed by atoms with van der Waals surface area (Å²) in [6, 6.07) is 0. The van der Waals surface area contributed by atoms with Crippen LogP contribution < -0.4 is 0 Å². The first-order valence-electron chi connectivity index (χ1n) is 6.41. The summed E-state index contributed by atoms with van der Waals surface area (Å²) < 4.78 is 48.6.